The highest BCUT2D eigenvalue weighted by atomic mass is 16.5. The number of hydrogen-bond acceptors (Lipinski definition) is 5. The predicted molar refractivity (Wildman–Crippen MR) is 57.3 cm³/mol. The molecule has 5 nitrogen and oxygen atoms in total. The lowest BCUT2D eigenvalue weighted by atomic mass is 10.1. The molecular formula is C11H19NO4. The van der Waals surface area contributed by atoms with Gasteiger partial charge in [-0.2, -0.15) is 5.26 Å². The molecule has 0 aliphatic heterocycles. The lowest BCUT2D eigenvalue weighted by molar-refractivity contribution is -0.154. The van der Waals surface area contributed by atoms with E-state index in [4.69, 9.17) is 15.1 Å². The smallest absolute Gasteiger partial charge is 0.334 e. The van der Waals surface area contributed by atoms with Gasteiger partial charge in [-0.25, -0.2) is 4.79 Å². The van der Waals surface area contributed by atoms with E-state index in [1.165, 1.54) is 0 Å². The molecule has 0 saturated heterocycles. The Balaban J connectivity index is 3.59. The minimum absolute atomic E-state index is 0.212. The molecule has 0 aliphatic carbocycles. The number of esters is 1. The van der Waals surface area contributed by atoms with Gasteiger partial charge in [0.2, 0.25) is 0 Å². The first kappa shape index (κ1) is 14.9. The summed E-state index contributed by atoms with van der Waals surface area (Å²) in [6.45, 7) is 2.31. The number of aliphatic hydroxyl groups excluding tert-OH is 2. The number of hydrogen-bond donors (Lipinski definition) is 2. The molecule has 0 heterocycles. The Morgan fingerprint density at radius 3 is 2.62 bits per heavy atom. The maximum atomic E-state index is 11.2. The van der Waals surface area contributed by atoms with Gasteiger partial charge in [0, 0.05) is 0 Å². The fourth-order valence-electron chi connectivity index (χ4n) is 1.10. The van der Waals surface area contributed by atoms with Crippen LogP contribution < -0.4 is 0 Å². The summed E-state index contributed by atoms with van der Waals surface area (Å²) in [5, 5.41) is 26.6. The Morgan fingerprint density at radius 1 is 1.38 bits per heavy atom. The van der Waals surface area contributed by atoms with Crippen molar-refractivity contribution in [1.29, 1.82) is 5.26 Å². The van der Waals surface area contributed by atoms with Gasteiger partial charge in [-0.3, -0.25) is 0 Å². The first-order chi connectivity index (χ1) is 7.61. The number of nitrogens with zero attached hydrogens (tertiary/aromatic N) is 1. The van der Waals surface area contributed by atoms with Gasteiger partial charge in [-0.1, -0.05) is 13.3 Å². The quantitative estimate of drug-likeness (QED) is 0.364. The molecule has 0 rings (SSSR count). The van der Waals surface area contributed by atoms with E-state index in [0.717, 1.165) is 12.8 Å². The fraction of sp³-hybridized carbons (Fsp3) is 0.818. The molecule has 2 N–H and O–H groups in total. The lowest BCUT2D eigenvalue weighted by Gasteiger charge is -2.10. The molecule has 0 aliphatic rings. The molecule has 0 spiro atoms. The topological polar surface area (TPSA) is 90.6 Å². The zero-order chi connectivity index (χ0) is 12.4. The third-order valence-corrected chi connectivity index (χ3v) is 2.12. The normalized spacial score (nSPS) is 13.9. The molecule has 0 fully saturated rings. The average molecular weight is 229 g/mol. The third-order valence-electron chi connectivity index (χ3n) is 2.12. The molecule has 92 valence electrons. The van der Waals surface area contributed by atoms with Crippen LogP contribution in [-0.4, -0.2) is 35.0 Å². The second kappa shape index (κ2) is 9.13. The fourth-order valence-corrected chi connectivity index (χ4v) is 1.10. The Hall–Kier alpha value is -1.12. The summed E-state index contributed by atoms with van der Waals surface area (Å²) in [5.41, 5.74) is 0. The summed E-state index contributed by atoms with van der Waals surface area (Å²) >= 11 is 0. The number of carbonyl (C=O) groups is 1. The van der Waals surface area contributed by atoms with E-state index in [9.17, 15) is 9.90 Å². The molecule has 0 radical (unpaired) electrons. The number of rotatable bonds is 8. The summed E-state index contributed by atoms with van der Waals surface area (Å²) in [7, 11) is 0. The molecule has 0 aromatic heterocycles. The summed E-state index contributed by atoms with van der Waals surface area (Å²) in [5.74, 6) is -0.625. The van der Waals surface area contributed by atoms with Crippen molar-refractivity contribution in [2.24, 2.45) is 0 Å². The predicted octanol–water partition coefficient (Wildman–Crippen LogP) is 0.745. The highest BCUT2D eigenvalue weighted by molar-refractivity contribution is 5.74. The van der Waals surface area contributed by atoms with Crippen LogP contribution >= 0.6 is 0 Å². The number of nitriles is 1. The van der Waals surface area contributed by atoms with E-state index in [1.54, 1.807) is 6.07 Å². The van der Waals surface area contributed by atoms with Crippen LogP contribution in [0, 0.1) is 11.3 Å². The molecule has 2 unspecified atom stereocenters. The second-order valence-corrected chi connectivity index (χ2v) is 3.61. The van der Waals surface area contributed by atoms with Crippen LogP contribution in [0.15, 0.2) is 0 Å². The highest BCUT2D eigenvalue weighted by Gasteiger charge is 2.16. The van der Waals surface area contributed by atoms with Gasteiger partial charge in [0.05, 0.1) is 12.7 Å². The summed E-state index contributed by atoms with van der Waals surface area (Å²) in [6.07, 6.45) is 0.424. The van der Waals surface area contributed by atoms with E-state index >= 15 is 0 Å². The second-order valence-electron chi connectivity index (χ2n) is 3.61. The SMILES string of the molecule is CCCCOC(=O)C(O)CCCC(O)C#N. The van der Waals surface area contributed by atoms with Gasteiger partial charge in [0.1, 0.15) is 6.10 Å². The van der Waals surface area contributed by atoms with Crippen molar-refractivity contribution in [3.05, 3.63) is 0 Å². The number of aliphatic hydroxyl groups is 2. The van der Waals surface area contributed by atoms with Crippen molar-refractivity contribution >= 4 is 5.97 Å². The summed E-state index contributed by atoms with van der Waals surface area (Å²) < 4.78 is 4.81. The van der Waals surface area contributed by atoms with Crippen LogP contribution in [0.5, 0.6) is 0 Å². The van der Waals surface area contributed by atoms with E-state index in [2.05, 4.69) is 0 Å². The Morgan fingerprint density at radius 2 is 2.06 bits per heavy atom. The zero-order valence-corrected chi connectivity index (χ0v) is 9.56. The molecular weight excluding hydrogens is 210 g/mol. The molecule has 0 amide bonds. The van der Waals surface area contributed by atoms with Gasteiger partial charge in [-0.15, -0.1) is 0 Å². The van der Waals surface area contributed by atoms with E-state index in [0.29, 0.717) is 13.0 Å². The molecule has 5 heteroatoms. The van der Waals surface area contributed by atoms with Gasteiger partial charge in [0.15, 0.2) is 6.10 Å². The molecule has 16 heavy (non-hydrogen) atoms. The standard InChI is InChI=1S/C11H19NO4/c1-2-3-7-16-11(15)10(14)6-4-5-9(13)8-12/h9-10,13-14H,2-7H2,1H3. The monoisotopic (exact) mass is 229 g/mol. The van der Waals surface area contributed by atoms with Crippen molar-refractivity contribution in [3.8, 4) is 6.07 Å². The molecule has 2 atom stereocenters. The third kappa shape index (κ3) is 7.21. The lowest BCUT2D eigenvalue weighted by Crippen LogP contribution is -2.23. The molecule has 0 aromatic carbocycles. The molecule has 0 aromatic rings. The van der Waals surface area contributed by atoms with Crippen LogP contribution in [0.2, 0.25) is 0 Å². The molecule has 0 bridgehead atoms. The first-order valence-electron chi connectivity index (χ1n) is 5.54. The van der Waals surface area contributed by atoms with E-state index in [-0.39, 0.29) is 12.8 Å². The maximum Gasteiger partial charge on any atom is 0.334 e. The largest absolute Gasteiger partial charge is 0.464 e. The van der Waals surface area contributed by atoms with Gasteiger partial charge in [0.25, 0.3) is 0 Å². The molecule has 0 saturated carbocycles. The van der Waals surface area contributed by atoms with E-state index in [1.807, 2.05) is 6.92 Å². The van der Waals surface area contributed by atoms with Crippen molar-refractivity contribution in [2.45, 2.75) is 51.2 Å². The maximum absolute atomic E-state index is 11.2. The number of unbranched alkanes of at least 4 members (excludes halogenated alkanes) is 1. The van der Waals surface area contributed by atoms with Gasteiger partial charge < -0.3 is 14.9 Å². The number of carbonyl (C=O) groups excluding carboxylic acids is 1. The number of ether oxygens (including phenoxy) is 1. The van der Waals surface area contributed by atoms with Gasteiger partial charge in [-0.05, 0) is 25.7 Å². The van der Waals surface area contributed by atoms with Crippen molar-refractivity contribution in [1.82, 2.24) is 0 Å². The van der Waals surface area contributed by atoms with Crippen LogP contribution in [0.25, 0.3) is 0 Å². The van der Waals surface area contributed by atoms with Crippen molar-refractivity contribution in [3.63, 3.8) is 0 Å². The Bertz CT molecular complexity index is 237. The minimum Gasteiger partial charge on any atom is -0.464 e. The summed E-state index contributed by atoms with van der Waals surface area (Å²) in [6, 6.07) is 1.67. The van der Waals surface area contributed by atoms with Crippen LogP contribution in [-0.2, 0) is 9.53 Å². The van der Waals surface area contributed by atoms with Crippen LogP contribution in [0.4, 0.5) is 0 Å². The van der Waals surface area contributed by atoms with Gasteiger partial charge >= 0.3 is 5.97 Å². The average Bonchev–Trinajstić information content (AvgIpc) is 2.28. The Labute approximate surface area is 95.6 Å². The van der Waals surface area contributed by atoms with Crippen molar-refractivity contribution in [2.75, 3.05) is 6.61 Å². The summed E-state index contributed by atoms with van der Waals surface area (Å²) in [4.78, 5) is 11.2. The van der Waals surface area contributed by atoms with Crippen LogP contribution in [0.3, 0.4) is 0 Å². The van der Waals surface area contributed by atoms with Crippen LogP contribution in [0.1, 0.15) is 39.0 Å². The minimum atomic E-state index is -1.15. The van der Waals surface area contributed by atoms with E-state index < -0.39 is 18.2 Å². The Kier molecular flexibility index (Phi) is 8.49. The zero-order valence-electron chi connectivity index (χ0n) is 9.56. The highest BCUT2D eigenvalue weighted by Crippen LogP contribution is 2.05. The van der Waals surface area contributed by atoms with Crippen molar-refractivity contribution < 1.29 is 19.7 Å². The first-order valence-corrected chi connectivity index (χ1v) is 5.54.